The number of rotatable bonds is 40. The van der Waals surface area contributed by atoms with Crippen LogP contribution in [0, 0.1) is 0 Å². The van der Waals surface area contributed by atoms with Gasteiger partial charge in [-0.15, -0.1) is 0 Å². The third-order valence-corrected chi connectivity index (χ3v) is 9.51. The zero-order chi connectivity index (χ0) is 40.1. The molecule has 55 heavy (non-hydrogen) atoms. The van der Waals surface area contributed by atoms with E-state index in [1.54, 1.807) is 0 Å². The lowest BCUT2D eigenvalue weighted by Crippen LogP contribution is -2.30. The Morgan fingerprint density at radius 3 is 1.16 bits per heavy atom. The summed E-state index contributed by atoms with van der Waals surface area (Å²) in [6, 6.07) is 0. The first-order valence-electron chi connectivity index (χ1n) is 22.8. The molecule has 0 aliphatic heterocycles. The molecule has 1 unspecified atom stereocenters. The number of carbonyl (C=O) groups excluding carboxylic acids is 3. The summed E-state index contributed by atoms with van der Waals surface area (Å²) in [6.45, 7) is 6.38. The molecule has 0 aromatic heterocycles. The number of hydrogen-bond donors (Lipinski definition) is 0. The lowest BCUT2D eigenvalue weighted by atomic mass is 10.1. The summed E-state index contributed by atoms with van der Waals surface area (Å²) < 4.78 is 16.6. The Morgan fingerprint density at radius 2 is 0.709 bits per heavy atom. The molecule has 0 aromatic rings. The molecule has 0 aliphatic rings. The Bertz CT molecular complexity index is 1020. The number of allylic oxidation sites excluding steroid dienone is 10. The summed E-state index contributed by atoms with van der Waals surface area (Å²) in [6.07, 6.45) is 52.4. The van der Waals surface area contributed by atoms with Gasteiger partial charge in [-0.25, -0.2) is 0 Å². The van der Waals surface area contributed by atoms with Gasteiger partial charge >= 0.3 is 17.9 Å². The Labute approximate surface area is 339 Å². The van der Waals surface area contributed by atoms with Crippen LogP contribution < -0.4 is 0 Å². The maximum absolute atomic E-state index is 12.7. The van der Waals surface area contributed by atoms with Crippen molar-refractivity contribution in [2.45, 2.75) is 219 Å². The van der Waals surface area contributed by atoms with Gasteiger partial charge in [0.1, 0.15) is 13.2 Å². The summed E-state index contributed by atoms with van der Waals surface area (Å²) in [5.41, 5.74) is 0. The number of hydrogen-bond acceptors (Lipinski definition) is 6. The monoisotopic (exact) mass is 769 g/mol. The van der Waals surface area contributed by atoms with E-state index in [0.29, 0.717) is 19.3 Å². The van der Waals surface area contributed by atoms with E-state index in [1.165, 1.54) is 83.5 Å². The van der Waals surface area contributed by atoms with Crippen molar-refractivity contribution in [2.24, 2.45) is 0 Å². The predicted molar refractivity (Wildman–Crippen MR) is 233 cm³/mol. The fraction of sp³-hybridized carbons (Fsp3) is 0.735. The van der Waals surface area contributed by atoms with E-state index in [0.717, 1.165) is 83.5 Å². The van der Waals surface area contributed by atoms with Crippen molar-refractivity contribution < 1.29 is 28.6 Å². The van der Waals surface area contributed by atoms with Gasteiger partial charge in [0.25, 0.3) is 0 Å². The molecule has 1 atom stereocenters. The second-order valence-corrected chi connectivity index (χ2v) is 14.9. The van der Waals surface area contributed by atoms with Gasteiger partial charge in [0.2, 0.25) is 0 Å². The Morgan fingerprint density at radius 1 is 0.382 bits per heavy atom. The lowest BCUT2D eigenvalue weighted by Gasteiger charge is -2.18. The molecule has 0 aliphatic carbocycles. The highest BCUT2D eigenvalue weighted by molar-refractivity contribution is 5.71. The second-order valence-electron chi connectivity index (χ2n) is 14.9. The SMILES string of the molecule is CC/C=C\C/C=C\C/C=C\C/C=C\CCCCC(=O)OC(COC(=O)CCCCCCC)COC(=O)CCCCCCCCC/C=C\CCCCCCCC. The quantitative estimate of drug-likeness (QED) is 0.0267. The first kappa shape index (κ1) is 52.1. The summed E-state index contributed by atoms with van der Waals surface area (Å²) >= 11 is 0. The Balaban J connectivity index is 4.29. The molecule has 316 valence electrons. The molecule has 0 saturated carbocycles. The van der Waals surface area contributed by atoms with Crippen LogP contribution in [-0.2, 0) is 28.6 Å². The molecule has 0 heterocycles. The molecule has 0 rings (SSSR count). The molecule has 0 saturated heterocycles. The molecule has 0 spiro atoms. The van der Waals surface area contributed by atoms with Crippen molar-refractivity contribution in [3.05, 3.63) is 60.8 Å². The average Bonchev–Trinajstić information content (AvgIpc) is 3.18. The minimum atomic E-state index is -0.791. The van der Waals surface area contributed by atoms with E-state index in [-0.39, 0.29) is 37.5 Å². The van der Waals surface area contributed by atoms with Crippen LogP contribution in [0.4, 0.5) is 0 Å². The number of esters is 3. The van der Waals surface area contributed by atoms with Gasteiger partial charge in [0.15, 0.2) is 6.10 Å². The van der Waals surface area contributed by atoms with Crippen LogP contribution >= 0.6 is 0 Å². The zero-order valence-electron chi connectivity index (χ0n) is 35.9. The third-order valence-electron chi connectivity index (χ3n) is 9.51. The van der Waals surface area contributed by atoms with Gasteiger partial charge < -0.3 is 14.2 Å². The number of unbranched alkanes of at least 4 members (excludes halogenated alkanes) is 19. The minimum Gasteiger partial charge on any atom is -0.462 e. The third kappa shape index (κ3) is 42.1. The van der Waals surface area contributed by atoms with E-state index in [1.807, 2.05) is 0 Å². The zero-order valence-corrected chi connectivity index (χ0v) is 35.9. The highest BCUT2D eigenvalue weighted by Gasteiger charge is 2.19. The highest BCUT2D eigenvalue weighted by atomic mass is 16.6. The molecule has 0 fully saturated rings. The topological polar surface area (TPSA) is 78.9 Å². The Hall–Kier alpha value is -2.89. The van der Waals surface area contributed by atoms with Gasteiger partial charge in [-0.1, -0.05) is 171 Å². The number of ether oxygens (including phenoxy) is 3. The van der Waals surface area contributed by atoms with Gasteiger partial charge in [-0.2, -0.15) is 0 Å². The molecule has 0 amide bonds. The summed E-state index contributed by atoms with van der Waals surface area (Å²) in [5.74, 6) is -0.957. The first-order chi connectivity index (χ1) is 27.0. The maximum atomic E-state index is 12.7. The average molecular weight is 769 g/mol. The summed E-state index contributed by atoms with van der Waals surface area (Å²) in [5, 5.41) is 0. The van der Waals surface area contributed by atoms with E-state index in [4.69, 9.17) is 14.2 Å². The molecular formula is C49H84O6. The van der Waals surface area contributed by atoms with Crippen molar-refractivity contribution in [1.29, 1.82) is 0 Å². The van der Waals surface area contributed by atoms with Gasteiger partial charge in [0.05, 0.1) is 0 Å². The molecule has 0 N–H and O–H groups in total. The van der Waals surface area contributed by atoms with Crippen LogP contribution in [0.1, 0.15) is 213 Å². The molecule has 0 bridgehead atoms. The van der Waals surface area contributed by atoms with Crippen LogP contribution in [0.2, 0.25) is 0 Å². The second kappa shape index (κ2) is 43.8. The van der Waals surface area contributed by atoms with Crippen LogP contribution in [0.5, 0.6) is 0 Å². The van der Waals surface area contributed by atoms with Crippen LogP contribution in [0.25, 0.3) is 0 Å². The fourth-order valence-electron chi connectivity index (χ4n) is 6.07. The van der Waals surface area contributed by atoms with Crippen LogP contribution in [0.15, 0.2) is 60.8 Å². The van der Waals surface area contributed by atoms with Gasteiger partial charge in [0, 0.05) is 19.3 Å². The molecule has 0 radical (unpaired) electrons. The van der Waals surface area contributed by atoms with E-state index >= 15 is 0 Å². The number of carbonyl (C=O) groups is 3. The van der Waals surface area contributed by atoms with E-state index in [9.17, 15) is 14.4 Å². The minimum absolute atomic E-state index is 0.0935. The predicted octanol–water partition coefficient (Wildman–Crippen LogP) is 14.5. The standard InChI is InChI=1S/C49H84O6/c1-4-7-10-13-15-17-19-21-23-24-26-27-29-31-33-36-39-42-48(51)54-45-46(44-53-47(50)41-38-35-12-9-6-3)55-49(52)43-40-37-34-32-30-28-25-22-20-18-16-14-11-8-5-2/h8,11,16,18,21-23,25,30,32,46H,4-7,9-10,12-15,17,19-20,24,26-29,31,33-45H2,1-3H3/b11-8-,18-16-,23-21-,25-22-,32-30-. The van der Waals surface area contributed by atoms with Crippen molar-refractivity contribution in [3.8, 4) is 0 Å². The first-order valence-corrected chi connectivity index (χ1v) is 22.8. The molecule has 6 heteroatoms. The van der Waals surface area contributed by atoms with Crippen LogP contribution in [0.3, 0.4) is 0 Å². The van der Waals surface area contributed by atoms with Crippen molar-refractivity contribution in [1.82, 2.24) is 0 Å². The van der Waals surface area contributed by atoms with E-state index < -0.39 is 6.10 Å². The maximum Gasteiger partial charge on any atom is 0.306 e. The largest absolute Gasteiger partial charge is 0.462 e. The molecule has 0 aromatic carbocycles. The van der Waals surface area contributed by atoms with Crippen molar-refractivity contribution in [2.75, 3.05) is 13.2 Å². The van der Waals surface area contributed by atoms with Crippen molar-refractivity contribution >= 4 is 17.9 Å². The smallest absolute Gasteiger partial charge is 0.306 e. The summed E-state index contributed by atoms with van der Waals surface area (Å²) in [7, 11) is 0. The normalized spacial score (nSPS) is 12.6. The van der Waals surface area contributed by atoms with Gasteiger partial charge in [-0.3, -0.25) is 14.4 Å². The lowest BCUT2D eigenvalue weighted by molar-refractivity contribution is -0.167. The summed E-state index contributed by atoms with van der Waals surface area (Å²) in [4.78, 5) is 37.5. The van der Waals surface area contributed by atoms with Crippen LogP contribution in [-0.4, -0.2) is 37.2 Å². The molecular weight excluding hydrogens is 685 g/mol. The van der Waals surface area contributed by atoms with Gasteiger partial charge in [-0.05, 0) is 83.5 Å². The Kier molecular flexibility index (Phi) is 41.5. The van der Waals surface area contributed by atoms with Crippen molar-refractivity contribution in [3.63, 3.8) is 0 Å². The fourth-order valence-corrected chi connectivity index (χ4v) is 6.07. The van der Waals surface area contributed by atoms with E-state index in [2.05, 4.69) is 81.5 Å². The highest BCUT2D eigenvalue weighted by Crippen LogP contribution is 2.13. The molecule has 6 nitrogen and oxygen atoms in total.